The van der Waals surface area contributed by atoms with Crippen LogP contribution >= 0.6 is 11.8 Å². The van der Waals surface area contributed by atoms with E-state index in [1.54, 1.807) is 7.05 Å². The van der Waals surface area contributed by atoms with E-state index in [2.05, 4.69) is 14.9 Å². The molecule has 1 heterocycles. The zero-order chi connectivity index (χ0) is 16.9. The van der Waals surface area contributed by atoms with Crippen molar-refractivity contribution < 1.29 is 9.53 Å². The van der Waals surface area contributed by atoms with Gasteiger partial charge in [0.05, 0.1) is 23.4 Å². The minimum Gasteiger partial charge on any atom is -0.494 e. The van der Waals surface area contributed by atoms with Gasteiger partial charge in [-0.3, -0.25) is 9.36 Å². The average Bonchev–Trinajstić information content (AvgIpc) is 2.99. The van der Waals surface area contributed by atoms with Crippen molar-refractivity contribution in [2.45, 2.75) is 12.1 Å². The van der Waals surface area contributed by atoms with E-state index in [9.17, 15) is 4.79 Å². The van der Waals surface area contributed by atoms with Gasteiger partial charge in [0, 0.05) is 12.7 Å². The summed E-state index contributed by atoms with van der Waals surface area (Å²) in [5.74, 6) is 1.15. The van der Waals surface area contributed by atoms with Gasteiger partial charge >= 0.3 is 0 Å². The van der Waals surface area contributed by atoms with Crippen LogP contribution < -0.4 is 10.1 Å². The summed E-state index contributed by atoms with van der Waals surface area (Å²) in [6.07, 6.45) is 0. The Kier molecular flexibility index (Phi) is 5.05. The third-order valence-electron chi connectivity index (χ3n) is 3.55. The molecule has 1 amide bonds. The average molecular weight is 341 g/mol. The lowest BCUT2D eigenvalue weighted by Gasteiger charge is -2.10. The highest BCUT2D eigenvalue weighted by molar-refractivity contribution is 7.99. The Morgan fingerprint density at radius 1 is 1.21 bits per heavy atom. The minimum atomic E-state index is -0.0229. The molecule has 0 radical (unpaired) electrons. The van der Waals surface area contributed by atoms with Crippen LogP contribution in [-0.4, -0.2) is 34.9 Å². The number of nitrogens with one attached hydrogen (secondary N) is 1. The number of amides is 1. The number of aromatic nitrogens is 2. The van der Waals surface area contributed by atoms with Crippen LogP contribution in [0.25, 0.3) is 16.7 Å². The third kappa shape index (κ3) is 3.38. The zero-order valence-corrected chi connectivity index (χ0v) is 14.5. The maximum atomic E-state index is 11.6. The van der Waals surface area contributed by atoms with E-state index in [-0.39, 0.29) is 5.91 Å². The molecule has 0 saturated carbocycles. The molecule has 6 heteroatoms. The number of benzene rings is 2. The summed E-state index contributed by atoms with van der Waals surface area (Å²) in [6.45, 7) is 2.60. The lowest BCUT2D eigenvalue weighted by molar-refractivity contribution is -0.118. The fourth-order valence-corrected chi connectivity index (χ4v) is 3.31. The molecule has 0 aliphatic rings. The van der Waals surface area contributed by atoms with Crippen LogP contribution in [0.2, 0.25) is 0 Å². The van der Waals surface area contributed by atoms with Crippen LogP contribution in [0.5, 0.6) is 5.75 Å². The molecule has 0 spiro atoms. The Morgan fingerprint density at radius 3 is 2.67 bits per heavy atom. The molecular weight excluding hydrogens is 322 g/mol. The number of hydrogen-bond donors (Lipinski definition) is 1. The summed E-state index contributed by atoms with van der Waals surface area (Å²) < 4.78 is 7.57. The van der Waals surface area contributed by atoms with Gasteiger partial charge in [-0.15, -0.1) is 0 Å². The van der Waals surface area contributed by atoms with Crippen LogP contribution in [0.1, 0.15) is 6.92 Å². The number of carbonyl (C=O) groups is 1. The largest absolute Gasteiger partial charge is 0.494 e. The highest BCUT2D eigenvalue weighted by Gasteiger charge is 2.14. The molecule has 0 aliphatic heterocycles. The highest BCUT2D eigenvalue weighted by Crippen LogP contribution is 2.28. The molecule has 2 aromatic carbocycles. The summed E-state index contributed by atoms with van der Waals surface area (Å²) in [7, 11) is 1.64. The van der Waals surface area contributed by atoms with E-state index >= 15 is 0 Å². The number of imidazole rings is 1. The van der Waals surface area contributed by atoms with E-state index < -0.39 is 0 Å². The first-order chi connectivity index (χ1) is 11.7. The van der Waals surface area contributed by atoms with Gasteiger partial charge in [0.2, 0.25) is 5.91 Å². The van der Waals surface area contributed by atoms with Crippen molar-refractivity contribution in [3.63, 3.8) is 0 Å². The van der Waals surface area contributed by atoms with Crippen molar-refractivity contribution in [3.05, 3.63) is 48.5 Å². The molecule has 1 N–H and O–H groups in total. The summed E-state index contributed by atoms with van der Waals surface area (Å²) in [5.41, 5.74) is 2.92. The third-order valence-corrected chi connectivity index (χ3v) is 4.49. The first-order valence-corrected chi connectivity index (χ1v) is 8.75. The van der Waals surface area contributed by atoms with E-state index in [1.165, 1.54) is 11.8 Å². The lowest BCUT2D eigenvalue weighted by atomic mass is 10.2. The van der Waals surface area contributed by atoms with Gasteiger partial charge in [-0.1, -0.05) is 23.9 Å². The van der Waals surface area contributed by atoms with E-state index in [0.717, 1.165) is 27.6 Å². The van der Waals surface area contributed by atoms with Gasteiger partial charge in [-0.05, 0) is 43.3 Å². The number of para-hydroxylation sites is 2. The lowest BCUT2D eigenvalue weighted by Crippen LogP contribution is -2.20. The normalized spacial score (nSPS) is 10.8. The minimum absolute atomic E-state index is 0.0229. The fourth-order valence-electron chi connectivity index (χ4n) is 2.41. The molecule has 0 fully saturated rings. The SMILES string of the molecule is CCOc1ccc(-n2c(SCC(=O)NC)nc3ccccc32)cc1. The zero-order valence-electron chi connectivity index (χ0n) is 13.7. The first kappa shape index (κ1) is 16.4. The van der Waals surface area contributed by atoms with Crippen LogP contribution in [0.15, 0.2) is 53.7 Å². The van der Waals surface area contributed by atoms with Crippen LogP contribution in [0.4, 0.5) is 0 Å². The Morgan fingerprint density at radius 2 is 1.96 bits per heavy atom. The van der Waals surface area contributed by atoms with Crippen molar-refractivity contribution in [1.29, 1.82) is 0 Å². The summed E-state index contributed by atoms with van der Waals surface area (Å²) in [5, 5.41) is 3.43. The number of rotatable bonds is 6. The van der Waals surface area contributed by atoms with E-state index in [1.807, 2.05) is 55.5 Å². The monoisotopic (exact) mass is 341 g/mol. The van der Waals surface area contributed by atoms with Crippen molar-refractivity contribution in [2.75, 3.05) is 19.4 Å². The number of hydrogen-bond acceptors (Lipinski definition) is 4. The predicted molar refractivity (Wildman–Crippen MR) is 97.0 cm³/mol. The summed E-state index contributed by atoms with van der Waals surface area (Å²) in [6, 6.07) is 15.9. The smallest absolute Gasteiger partial charge is 0.230 e. The molecular formula is C18H19N3O2S. The van der Waals surface area contributed by atoms with Gasteiger partial charge < -0.3 is 10.1 Å². The molecule has 0 bridgehead atoms. The van der Waals surface area contributed by atoms with E-state index in [4.69, 9.17) is 4.74 Å². The second-order valence-corrected chi connectivity index (χ2v) is 6.05. The standard InChI is InChI=1S/C18H19N3O2S/c1-3-23-14-10-8-13(9-11-14)21-16-7-5-4-6-15(16)20-18(21)24-12-17(22)19-2/h4-11H,3,12H2,1-2H3,(H,19,22). The quantitative estimate of drug-likeness (QED) is 0.699. The van der Waals surface area contributed by atoms with Crippen LogP contribution in [0.3, 0.4) is 0 Å². The Bertz CT molecular complexity index is 843. The number of carbonyl (C=O) groups excluding carboxylic acids is 1. The molecule has 0 atom stereocenters. The molecule has 5 nitrogen and oxygen atoms in total. The van der Waals surface area contributed by atoms with Gasteiger partial charge in [0.25, 0.3) is 0 Å². The molecule has 124 valence electrons. The summed E-state index contributed by atoms with van der Waals surface area (Å²) in [4.78, 5) is 16.2. The number of ether oxygens (including phenoxy) is 1. The van der Waals surface area contributed by atoms with Gasteiger partial charge in [-0.25, -0.2) is 4.98 Å². The molecule has 0 unspecified atom stereocenters. The fraction of sp³-hybridized carbons (Fsp3) is 0.222. The maximum Gasteiger partial charge on any atom is 0.230 e. The molecule has 0 saturated heterocycles. The Balaban J connectivity index is 2.01. The second-order valence-electron chi connectivity index (χ2n) is 5.11. The summed E-state index contributed by atoms with van der Waals surface area (Å²) >= 11 is 1.42. The van der Waals surface area contributed by atoms with Crippen molar-refractivity contribution >= 4 is 28.7 Å². The van der Waals surface area contributed by atoms with Crippen molar-refractivity contribution in [2.24, 2.45) is 0 Å². The molecule has 3 rings (SSSR count). The topological polar surface area (TPSA) is 56.1 Å². The van der Waals surface area contributed by atoms with Gasteiger partial charge in [-0.2, -0.15) is 0 Å². The maximum absolute atomic E-state index is 11.6. The van der Waals surface area contributed by atoms with Crippen molar-refractivity contribution in [1.82, 2.24) is 14.9 Å². The van der Waals surface area contributed by atoms with Crippen molar-refractivity contribution in [3.8, 4) is 11.4 Å². The number of nitrogens with zero attached hydrogens (tertiary/aromatic N) is 2. The molecule has 0 aliphatic carbocycles. The highest BCUT2D eigenvalue weighted by atomic mass is 32.2. The predicted octanol–water partition coefficient (Wildman–Crippen LogP) is 3.26. The van der Waals surface area contributed by atoms with Gasteiger partial charge in [0.1, 0.15) is 5.75 Å². The molecule has 24 heavy (non-hydrogen) atoms. The molecule has 1 aromatic heterocycles. The Labute approximate surface area is 145 Å². The molecule has 3 aromatic rings. The first-order valence-electron chi connectivity index (χ1n) is 7.77. The Hall–Kier alpha value is -2.47. The van der Waals surface area contributed by atoms with Crippen LogP contribution in [0, 0.1) is 0 Å². The van der Waals surface area contributed by atoms with Crippen LogP contribution in [-0.2, 0) is 4.79 Å². The number of thioether (sulfide) groups is 1. The number of fused-ring (bicyclic) bond motifs is 1. The van der Waals surface area contributed by atoms with E-state index in [0.29, 0.717) is 12.4 Å². The van der Waals surface area contributed by atoms with Gasteiger partial charge in [0.15, 0.2) is 5.16 Å². The second kappa shape index (κ2) is 7.40.